The van der Waals surface area contributed by atoms with Crippen LogP contribution < -0.4 is 5.32 Å². The van der Waals surface area contributed by atoms with Crippen molar-refractivity contribution in [3.63, 3.8) is 0 Å². The molecule has 0 heterocycles. The molecule has 0 saturated carbocycles. The fourth-order valence-corrected chi connectivity index (χ4v) is 1.69. The van der Waals surface area contributed by atoms with Crippen LogP contribution in [0.4, 0.5) is 0 Å². The summed E-state index contributed by atoms with van der Waals surface area (Å²) in [6.45, 7) is 6.99. The quantitative estimate of drug-likeness (QED) is 0.580. The first-order valence-corrected chi connectivity index (χ1v) is 6.97. The topological polar surface area (TPSA) is 49.3 Å². The first kappa shape index (κ1) is 16.4. The maximum Gasteiger partial charge on any atom is 0.220 e. The van der Waals surface area contributed by atoms with Crippen LogP contribution in [0.3, 0.4) is 0 Å². The van der Waals surface area contributed by atoms with E-state index in [1.54, 1.807) is 6.92 Å². The molecule has 0 saturated heterocycles. The Labute approximate surface area is 106 Å². The zero-order valence-corrected chi connectivity index (χ0v) is 11.7. The van der Waals surface area contributed by atoms with Gasteiger partial charge in [0, 0.05) is 13.0 Å². The van der Waals surface area contributed by atoms with Crippen LogP contribution in [0.1, 0.15) is 65.7 Å². The van der Waals surface area contributed by atoms with E-state index in [0.29, 0.717) is 12.8 Å². The molecule has 0 aromatic carbocycles. The summed E-state index contributed by atoms with van der Waals surface area (Å²) in [6, 6.07) is 0. The van der Waals surface area contributed by atoms with Crippen LogP contribution in [0.15, 0.2) is 0 Å². The summed E-state index contributed by atoms with van der Waals surface area (Å²) in [5, 5.41) is 11.9. The molecule has 1 unspecified atom stereocenters. The van der Waals surface area contributed by atoms with Gasteiger partial charge in [0.15, 0.2) is 0 Å². The third-order valence-corrected chi connectivity index (χ3v) is 2.82. The smallest absolute Gasteiger partial charge is 0.220 e. The molecular formula is C14H29NO2. The van der Waals surface area contributed by atoms with Gasteiger partial charge < -0.3 is 10.4 Å². The van der Waals surface area contributed by atoms with E-state index < -0.39 is 0 Å². The van der Waals surface area contributed by atoms with E-state index in [-0.39, 0.29) is 12.0 Å². The lowest BCUT2D eigenvalue weighted by molar-refractivity contribution is -0.121. The van der Waals surface area contributed by atoms with Crippen molar-refractivity contribution < 1.29 is 9.90 Å². The largest absolute Gasteiger partial charge is 0.393 e. The van der Waals surface area contributed by atoms with Crippen molar-refractivity contribution in [3.8, 4) is 0 Å². The van der Waals surface area contributed by atoms with Crippen molar-refractivity contribution in [3.05, 3.63) is 0 Å². The highest BCUT2D eigenvalue weighted by Gasteiger charge is 2.03. The average molecular weight is 243 g/mol. The number of hydrogen-bond donors (Lipinski definition) is 2. The van der Waals surface area contributed by atoms with Gasteiger partial charge in [-0.15, -0.1) is 0 Å². The number of hydrogen-bond acceptors (Lipinski definition) is 2. The second-order valence-electron chi connectivity index (χ2n) is 5.33. The van der Waals surface area contributed by atoms with Crippen molar-refractivity contribution in [2.75, 3.05) is 6.54 Å². The minimum Gasteiger partial charge on any atom is -0.393 e. The molecule has 0 aliphatic rings. The van der Waals surface area contributed by atoms with Gasteiger partial charge in [0.05, 0.1) is 6.10 Å². The van der Waals surface area contributed by atoms with Gasteiger partial charge in [0.1, 0.15) is 0 Å². The molecule has 1 atom stereocenters. The Morgan fingerprint density at radius 1 is 1.06 bits per heavy atom. The second kappa shape index (κ2) is 10.6. The number of unbranched alkanes of at least 4 members (excludes halogenated alkanes) is 3. The van der Waals surface area contributed by atoms with Crippen LogP contribution in [0.5, 0.6) is 0 Å². The Balaban J connectivity index is 3.19. The zero-order valence-electron chi connectivity index (χ0n) is 11.7. The summed E-state index contributed by atoms with van der Waals surface area (Å²) in [5.74, 6) is 0.864. The Morgan fingerprint density at radius 3 is 2.29 bits per heavy atom. The third-order valence-electron chi connectivity index (χ3n) is 2.82. The van der Waals surface area contributed by atoms with E-state index in [4.69, 9.17) is 5.11 Å². The van der Waals surface area contributed by atoms with E-state index in [9.17, 15) is 4.79 Å². The zero-order chi connectivity index (χ0) is 13.1. The van der Waals surface area contributed by atoms with Crippen LogP contribution in [0.25, 0.3) is 0 Å². The van der Waals surface area contributed by atoms with Crippen molar-refractivity contribution in [2.24, 2.45) is 5.92 Å². The number of nitrogens with one attached hydrogen (secondary N) is 1. The fraction of sp³-hybridized carbons (Fsp3) is 0.929. The molecular weight excluding hydrogens is 214 g/mol. The lowest BCUT2D eigenvalue weighted by Gasteiger charge is -2.07. The van der Waals surface area contributed by atoms with Crippen molar-refractivity contribution in [1.82, 2.24) is 5.32 Å². The number of aliphatic hydroxyl groups is 1. The Bertz CT molecular complexity index is 191. The molecule has 0 aliphatic heterocycles. The molecule has 1 amide bonds. The number of carbonyl (C=O) groups excluding carboxylic acids is 1. The molecule has 0 rings (SSSR count). The van der Waals surface area contributed by atoms with E-state index in [2.05, 4.69) is 19.2 Å². The molecule has 0 spiro atoms. The van der Waals surface area contributed by atoms with Crippen LogP contribution in [-0.4, -0.2) is 23.7 Å². The summed E-state index contributed by atoms with van der Waals surface area (Å²) in [6.07, 6.45) is 6.75. The molecule has 0 bridgehead atoms. The Morgan fingerprint density at radius 2 is 1.71 bits per heavy atom. The molecule has 0 aromatic rings. The lowest BCUT2D eigenvalue weighted by atomic mass is 10.0. The van der Waals surface area contributed by atoms with Gasteiger partial charge in [0.2, 0.25) is 5.91 Å². The maximum atomic E-state index is 11.3. The molecule has 102 valence electrons. The Hall–Kier alpha value is -0.570. The van der Waals surface area contributed by atoms with Crippen molar-refractivity contribution >= 4 is 5.91 Å². The number of rotatable bonds is 10. The molecule has 3 heteroatoms. The minimum absolute atomic E-state index is 0.0630. The molecule has 17 heavy (non-hydrogen) atoms. The standard InChI is InChI=1S/C14H29NO2/c1-12(2)8-6-4-5-7-11-15-14(17)10-9-13(3)16/h12-13,16H,4-11H2,1-3H3,(H,15,17). The monoisotopic (exact) mass is 243 g/mol. The molecule has 0 fully saturated rings. The van der Waals surface area contributed by atoms with E-state index >= 15 is 0 Å². The number of amides is 1. The molecule has 2 N–H and O–H groups in total. The predicted molar refractivity (Wildman–Crippen MR) is 71.8 cm³/mol. The van der Waals surface area contributed by atoms with E-state index in [0.717, 1.165) is 18.9 Å². The minimum atomic E-state index is -0.378. The van der Waals surface area contributed by atoms with Gasteiger partial charge >= 0.3 is 0 Å². The highest BCUT2D eigenvalue weighted by Crippen LogP contribution is 2.08. The van der Waals surface area contributed by atoms with Crippen LogP contribution in [0, 0.1) is 5.92 Å². The summed E-state index contributed by atoms with van der Waals surface area (Å²) in [5.41, 5.74) is 0. The van der Waals surface area contributed by atoms with Crippen LogP contribution in [-0.2, 0) is 4.79 Å². The van der Waals surface area contributed by atoms with E-state index in [1.807, 2.05) is 0 Å². The maximum absolute atomic E-state index is 11.3. The van der Waals surface area contributed by atoms with Gasteiger partial charge in [-0.05, 0) is 25.7 Å². The van der Waals surface area contributed by atoms with Crippen molar-refractivity contribution in [1.29, 1.82) is 0 Å². The number of aliphatic hydroxyl groups excluding tert-OH is 1. The molecule has 0 radical (unpaired) electrons. The fourth-order valence-electron chi connectivity index (χ4n) is 1.69. The SMILES string of the molecule is CC(C)CCCCCCNC(=O)CCC(C)O. The highest BCUT2D eigenvalue weighted by molar-refractivity contribution is 5.75. The summed E-state index contributed by atoms with van der Waals surface area (Å²) in [7, 11) is 0. The first-order valence-electron chi connectivity index (χ1n) is 6.97. The van der Waals surface area contributed by atoms with Crippen molar-refractivity contribution in [2.45, 2.75) is 71.8 Å². The van der Waals surface area contributed by atoms with E-state index in [1.165, 1.54) is 25.7 Å². The average Bonchev–Trinajstić information content (AvgIpc) is 2.24. The molecule has 0 aliphatic carbocycles. The number of carbonyl (C=O) groups is 1. The van der Waals surface area contributed by atoms with Gasteiger partial charge in [0.25, 0.3) is 0 Å². The predicted octanol–water partition coefficient (Wildman–Crippen LogP) is 2.87. The van der Waals surface area contributed by atoms with Crippen LogP contribution >= 0.6 is 0 Å². The molecule has 3 nitrogen and oxygen atoms in total. The van der Waals surface area contributed by atoms with Gasteiger partial charge in [-0.2, -0.15) is 0 Å². The first-order chi connectivity index (χ1) is 8.02. The van der Waals surface area contributed by atoms with Gasteiger partial charge in [-0.25, -0.2) is 0 Å². The van der Waals surface area contributed by atoms with Gasteiger partial charge in [-0.3, -0.25) is 4.79 Å². The Kier molecular flexibility index (Phi) is 10.2. The van der Waals surface area contributed by atoms with Crippen LogP contribution in [0.2, 0.25) is 0 Å². The van der Waals surface area contributed by atoms with Gasteiger partial charge in [-0.1, -0.05) is 39.5 Å². The lowest BCUT2D eigenvalue weighted by Crippen LogP contribution is -2.25. The second-order valence-corrected chi connectivity index (χ2v) is 5.33. The third kappa shape index (κ3) is 13.4. The summed E-state index contributed by atoms with van der Waals surface area (Å²) >= 11 is 0. The normalized spacial score (nSPS) is 12.8. The highest BCUT2D eigenvalue weighted by atomic mass is 16.3. The summed E-state index contributed by atoms with van der Waals surface area (Å²) in [4.78, 5) is 11.3. The molecule has 0 aromatic heterocycles. The summed E-state index contributed by atoms with van der Waals surface area (Å²) < 4.78 is 0.